The van der Waals surface area contributed by atoms with E-state index >= 15 is 0 Å². The molecule has 0 amide bonds. The molecule has 0 aliphatic heterocycles. The summed E-state index contributed by atoms with van der Waals surface area (Å²) in [5.74, 6) is -0.935. The Morgan fingerprint density at radius 3 is 2.44 bits per heavy atom. The third-order valence-electron chi connectivity index (χ3n) is 2.27. The minimum absolute atomic E-state index is 0.0225. The van der Waals surface area contributed by atoms with Crippen molar-refractivity contribution in [3.05, 3.63) is 23.0 Å². The van der Waals surface area contributed by atoms with Gasteiger partial charge >= 0.3 is 6.18 Å². The third-order valence-corrected chi connectivity index (χ3v) is 2.27. The van der Waals surface area contributed by atoms with Crippen molar-refractivity contribution in [1.82, 2.24) is 4.57 Å². The molecule has 0 unspecified atom stereocenters. The van der Waals surface area contributed by atoms with E-state index < -0.39 is 18.5 Å². The summed E-state index contributed by atoms with van der Waals surface area (Å²) in [6.45, 7) is 1.83. The van der Waals surface area contributed by atoms with Gasteiger partial charge in [-0.1, -0.05) is 0 Å². The van der Waals surface area contributed by atoms with E-state index in [1.165, 1.54) is 13.1 Å². The fourth-order valence-corrected chi connectivity index (χ4v) is 1.50. The van der Waals surface area contributed by atoms with Gasteiger partial charge in [-0.2, -0.15) is 13.2 Å². The van der Waals surface area contributed by atoms with Gasteiger partial charge in [0.05, 0.1) is 5.69 Å². The van der Waals surface area contributed by atoms with Crippen LogP contribution in [0.5, 0.6) is 0 Å². The quantitative estimate of drug-likeness (QED) is 0.455. The minimum atomic E-state index is -4.42. The highest BCUT2D eigenvalue weighted by molar-refractivity contribution is 6.33. The van der Waals surface area contributed by atoms with Crippen LogP contribution in [0.3, 0.4) is 0 Å². The van der Waals surface area contributed by atoms with Crippen molar-refractivity contribution < 1.29 is 22.8 Å². The maximum Gasteiger partial charge on any atom is 0.406 e. The van der Waals surface area contributed by atoms with Crippen LogP contribution < -0.4 is 0 Å². The molecule has 88 valence electrons. The van der Waals surface area contributed by atoms with Crippen molar-refractivity contribution in [3.63, 3.8) is 0 Å². The molecule has 1 heterocycles. The molecule has 16 heavy (non-hydrogen) atoms. The molecule has 0 fully saturated rings. The lowest BCUT2D eigenvalue weighted by Crippen LogP contribution is -2.21. The molecule has 0 spiro atoms. The van der Waals surface area contributed by atoms with E-state index in [-0.39, 0.29) is 12.0 Å². The van der Waals surface area contributed by atoms with Gasteiger partial charge in [-0.3, -0.25) is 9.59 Å². The number of aromatic nitrogens is 1. The number of halogens is 3. The molecular formula is C10H10F3NO2. The number of ketones is 1. The van der Waals surface area contributed by atoms with Gasteiger partial charge in [0.2, 0.25) is 5.78 Å². The Morgan fingerprint density at radius 1 is 1.44 bits per heavy atom. The van der Waals surface area contributed by atoms with E-state index in [2.05, 4.69) is 0 Å². The van der Waals surface area contributed by atoms with Crippen LogP contribution in [0.25, 0.3) is 0 Å². The molecule has 3 nitrogen and oxygen atoms in total. The Kier molecular flexibility index (Phi) is 3.21. The van der Waals surface area contributed by atoms with E-state index in [0.29, 0.717) is 11.1 Å². The molecule has 0 N–H and O–H groups in total. The van der Waals surface area contributed by atoms with Crippen LogP contribution in [0.1, 0.15) is 21.6 Å². The molecule has 0 bridgehead atoms. The first-order chi connectivity index (χ1) is 7.26. The number of alkyl halides is 3. The molecule has 0 radical (unpaired) electrons. The van der Waals surface area contributed by atoms with E-state index in [4.69, 9.17) is 0 Å². The fraction of sp³-hybridized carbons (Fsp3) is 0.400. The summed E-state index contributed by atoms with van der Waals surface area (Å²) >= 11 is 0. The number of nitrogens with zero attached hydrogens (tertiary/aromatic N) is 1. The molecular weight excluding hydrogens is 223 g/mol. The first kappa shape index (κ1) is 12.5. The van der Waals surface area contributed by atoms with Crippen LogP contribution >= 0.6 is 0 Å². The van der Waals surface area contributed by atoms with Gasteiger partial charge in [0.15, 0.2) is 6.29 Å². The zero-order valence-corrected chi connectivity index (χ0v) is 8.76. The van der Waals surface area contributed by atoms with Crippen LogP contribution in [0.4, 0.5) is 13.2 Å². The number of carbonyl (C=O) groups excluding carboxylic acids is 2. The Hall–Kier alpha value is -1.59. The van der Waals surface area contributed by atoms with Gasteiger partial charge in [0.25, 0.3) is 0 Å². The number of hydrogen-bond donors (Lipinski definition) is 0. The number of aldehydes is 1. The molecule has 6 heteroatoms. The summed E-state index contributed by atoms with van der Waals surface area (Å²) in [6.07, 6.45) is -3.18. The molecule has 0 aliphatic rings. The van der Waals surface area contributed by atoms with Crippen molar-refractivity contribution >= 4 is 12.1 Å². The highest BCUT2D eigenvalue weighted by atomic mass is 19.4. The predicted molar refractivity (Wildman–Crippen MR) is 50.4 cm³/mol. The summed E-state index contributed by atoms with van der Waals surface area (Å²) in [7, 11) is 0. The largest absolute Gasteiger partial charge is 0.406 e. The van der Waals surface area contributed by atoms with Crippen LogP contribution in [0, 0.1) is 13.8 Å². The average molecular weight is 233 g/mol. The second kappa shape index (κ2) is 4.11. The molecule has 1 rings (SSSR count). The Morgan fingerprint density at radius 2 is 2.00 bits per heavy atom. The van der Waals surface area contributed by atoms with Crippen LogP contribution in [0.2, 0.25) is 0 Å². The van der Waals surface area contributed by atoms with E-state index in [0.717, 1.165) is 4.57 Å². The number of Topliss-reactive ketones (excluding diaryl/α,β-unsaturated/α-hetero) is 1. The molecule has 0 aliphatic carbocycles. The van der Waals surface area contributed by atoms with Gasteiger partial charge < -0.3 is 4.57 Å². The highest BCUT2D eigenvalue weighted by Gasteiger charge is 2.30. The van der Waals surface area contributed by atoms with Crippen molar-refractivity contribution in [2.45, 2.75) is 26.6 Å². The Labute approximate surface area is 89.9 Å². The number of aryl methyl sites for hydroxylation is 1. The van der Waals surface area contributed by atoms with Gasteiger partial charge in [0, 0.05) is 6.20 Å². The Bertz CT molecular complexity index is 432. The standard InChI is InChI=1S/C10H10F3NO2/c1-6-3-14(5-10(11,12)13)9(7(6)2)8(16)4-15/h3-4H,5H2,1-2H3. The monoisotopic (exact) mass is 233 g/mol. The maximum absolute atomic E-state index is 12.2. The summed E-state index contributed by atoms with van der Waals surface area (Å²) in [5.41, 5.74) is 0.764. The third kappa shape index (κ3) is 2.50. The number of rotatable bonds is 3. The summed E-state index contributed by atoms with van der Waals surface area (Å²) in [4.78, 5) is 21.5. The summed E-state index contributed by atoms with van der Waals surface area (Å²) in [6, 6.07) is 0. The molecule has 1 aromatic rings. The summed E-state index contributed by atoms with van der Waals surface area (Å²) < 4.78 is 37.4. The average Bonchev–Trinajstić information content (AvgIpc) is 2.39. The van der Waals surface area contributed by atoms with E-state index in [1.54, 1.807) is 6.92 Å². The van der Waals surface area contributed by atoms with Crippen molar-refractivity contribution in [1.29, 1.82) is 0 Å². The van der Waals surface area contributed by atoms with E-state index in [9.17, 15) is 22.8 Å². The first-order valence-electron chi connectivity index (χ1n) is 4.49. The van der Waals surface area contributed by atoms with E-state index in [1.807, 2.05) is 0 Å². The van der Waals surface area contributed by atoms with Crippen molar-refractivity contribution in [3.8, 4) is 0 Å². The topological polar surface area (TPSA) is 39.1 Å². The smallest absolute Gasteiger partial charge is 0.335 e. The lowest BCUT2D eigenvalue weighted by molar-refractivity contribution is -0.140. The Balaban J connectivity index is 3.24. The fourth-order valence-electron chi connectivity index (χ4n) is 1.50. The second-order valence-corrected chi connectivity index (χ2v) is 3.51. The lowest BCUT2D eigenvalue weighted by Gasteiger charge is -2.10. The SMILES string of the molecule is Cc1cn(CC(F)(F)F)c(C(=O)C=O)c1C. The van der Waals surface area contributed by atoms with Crippen molar-refractivity contribution in [2.75, 3.05) is 0 Å². The zero-order valence-electron chi connectivity index (χ0n) is 8.76. The molecule has 0 aromatic carbocycles. The zero-order chi connectivity index (χ0) is 12.5. The van der Waals surface area contributed by atoms with Crippen LogP contribution in [0.15, 0.2) is 6.20 Å². The van der Waals surface area contributed by atoms with Crippen LogP contribution in [-0.4, -0.2) is 22.8 Å². The number of hydrogen-bond acceptors (Lipinski definition) is 2. The maximum atomic E-state index is 12.2. The van der Waals surface area contributed by atoms with Gasteiger partial charge in [0.1, 0.15) is 6.54 Å². The normalized spacial score (nSPS) is 11.6. The second-order valence-electron chi connectivity index (χ2n) is 3.51. The van der Waals surface area contributed by atoms with Crippen LogP contribution in [-0.2, 0) is 11.3 Å². The predicted octanol–water partition coefficient (Wildman–Crippen LogP) is 2.05. The van der Waals surface area contributed by atoms with Crippen molar-refractivity contribution in [2.24, 2.45) is 0 Å². The summed E-state index contributed by atoms with van der Waals surface area (Å²) in [5, 5.41) is 0. The molecule has 0 atom stereocenters. The first-order valence-corrected chi connectivity index (χ1v) is 4.49. The minimum Gasteiger partial charge on any atom is -0.335 e. The number of carbonyl (C=O) groups is 2. The molecule has 0 saturated carbocycles. The lowest BCUT2D eigenvalue weighted by atomic mass is 10.1. The molecule has 1 aromatic heterocycles. The van der Waals surface area contributed by atoms with Gasteiger partial charge in [-0.25, -0.2) is 0 Å². The van der Waals surface area contributed by atoms with Gasteiger partial charge in [-0.15, -0.1) is 0 Å². The highest BCUT2D eigenvalue weighted by Crippen LogP contribution is 2.23. The molecule has 0 saturated heterocycles. The van der Waals surface area contributed by atoms with Gasteiger partial charge in [-0.05, 0) is 25.0 Å².